The third kappa shape index (κ3) is 3.82. The molecule has 0 aromatic heterocycles. The van der Waals surface area contributed by atoms with E-state index >= 15 is 0 Å². The molecule has 1 aliphatic heterocycles. The number of carbonyl (C=O) groups excluding carboxylic acids is 2. The summed E-state index contributed by atoms with van der Waals surface area (Å²) in [5.74, 6) is -0.261. The van der Waals surface area contributed by atoms with Gasteiger partial charge in [0.25, 0.3) is 5.91 Å². The van der Waals surface area contributed by atoms with Crippen molar-refractivity contribution in [1.29, 1.82) is 0 Å². The Morgan fingerprint density at radius 3 is 2.63 bits per heavy atom. The number of amides is 2. The van der Waals surface area contributed by atoms with E-state index in [9.17, 15) is 9.59 Å². The van der Waals surface area contributed by atoms with E-state index < -0.39 is 0 Å². The molecule has 2 amide bonds. The number of carbonyl (C=O) groups is 2. The average Bonchev–Trinajstić information content (AvgIpc) is 2.89. The van der Waals surface area contributed by atoms with Crippen LogP contribution in [0.1, 0.15) is 23.2 Å². The van der Waals surface area contributed by atoms with Gasteiger partial charge in [0.15, 0.2) is 0 Å². The second-order valence-corrected chi connectivity index (χ2v) is 5.99. The minimum absolute atomic E-state index is 0.0187. The van der Waals surface area contributed by atoms with Gasteiger partial charge in [-0.15, -0.1) is 0 Å². The summed E-state index contributed by atoms with van der Waals surface area (Å²) in [5, 5.41) is 3.25. The Morgan fingerprint density at radius 2 is 2.00 bits per heavy atom. The van der Waals surface area contributed by atoms with Crippen LogP contribution in [-0.2, 0) is 4.79 Å². The molecular weight excluding hydrogens is 379 g/mol. The Hall–Kier alpha value is -0.820. The van der Waals surface area contributed by atoms with Gasteiger partial charge in [-0.25, -0.2) is 0 Å². The Labute approximate surface area is 130 Å². The second kappa shape index (κ2) is 6.56. The van der Waals surface area contributed by atoms with Crippen molar-refractivity contribution in [3.63, 3.8) is 0 Å². The van der Waals surface area contributed by atoms with Gasteiger partial charge >= 0.3 is 0 Å². The molecule has 1 fully saturated rings. The van der Waals surface area contributed by atoms with Crippen LogP contribution in [0.4, 0.5) is 0 Å². The number of benzene rings is 1. The number of nitrogens with one attached hydrogen (secondary N) is 1. The first-order valence-corrected chi connectivity index (χ1v) is 7.54. The van der Waals surface area contributed by atoms with E-state index in [0.29, 0.717) is 10.6 Å². The number of likely N-dealkylation sites (tertiary alicyclic amines) is 1. The van der Waals surface area contributed by atoms with Crippen LogP contribution in [0.25, 0.3) is 0 Å². The third-order valence-electron chi connectivity index (χ3n) is 3.03. The molecule has 1 aromatic rings. The molecule has 0 aliphatic carbocycles. The normalized spacial score (nSPS) is 14.5. The highest BCUT2D eigenvalue weighted by Gasteiger charge is 2.19. The molecule has 0 unspecified atom stereocenters. The Kier molecular flexibility index (Phi) is 5.04. The fourth-order valence-electron chi connectivity index (χ4n) is 2.00. The monoisotopic (exact) mass is 392 g/mol. The first-order chi connectivity index (χ1) is 9.08. The SMILES string of the molecule is O=C(NCC(=O)N1CCCC1)c1ccc(Cl)cc1I. The molecule has 0 radical (unpaired) electrons. The van der Waals surface area contributed by atoms with Gasteiger partial charge in [-0.2, -0.15) is 0 Å². The van der Waals surface area contributed by atoms with E-state index in [4.69, 9.17) is 11.6 Å². The lowest BCUT2D eigenvalue weighted by molar-refractivity contribution is -0.129. The van der Waals surface area contributed by atoms with Gasteiger partial charge in [0.1, 0.15) is 0 Å². The van der Waals surface area contributed by atoms with E-state index in [0.717, 1.165) is 29.5 Å². The Bertz CT molecular complexity index is 501. The van der Waals surface area contributed by atoms with E-state index in [1.165, 1.54) is 0 Å². The van der Waals surface area contributed by atoms with Gasteiger partial charge in [0.2, 0.25) is 5.91 Å². The van der Waals surface area contributed by atoms with Gasteiger partial charge in [-0.3, -0.25) is 9.59 Å². The molecule has 6 heteroatoms. The molecule has 1 saturated heterocycles. The topological polar surface area (TPSA) is 49.4 Å². The second-order valence-electron chi connectivity index (χ2n) is 4.39. The summed E-state index contributed by atoms with van der Waals surface area (Å²) in [6.07, 6.45) is 2.10. The predicted octanol–water partition coefficient (Wildman–Crippen LogP) is 2.30. The molecule has 0 bridgehead atoms. The van der Waals surface area contributed by atoms with Gasteiger partial charge in [0, 0.05) is 21.7 Å². The fourth-order valence-corrected chi connectivity index (χ4v) is 3.12. The fraction of sp³-hybridized carbons (Fsp3) is 0.385. The lowest BCUT2D eigenvalue weighted by Gasteiger charge is -2.15. The highest BCUT2D eigenvalue weighted by atomic mass is 127. The van der Waals surface area contributed by atoms with Gasteiger partial charge in [-0.1, -0.05) is 11.6 Å². The highest BCUT2D eigenvalue weighted by Crippen LogP contribution is 2.17. The first-order valence-electron chi connectivity index (χ1n) is 6.09. The van der Waals surface area contributed by atoms with Gasteiger partial charge < -0.3 is 10.2 Å². The maximum atomic E-state index is 12.0. The van der Waals surface area contributed by atoms with Crippen molar-refractivity contribution in [3.8, 4) is 0 Å². The number of nitrogens with zero attached hydrogens (tertiary/aromatic N) is 1. The molecule has 0 saturated carbocycles. The maximum Gasteiger partial charge on any atom is 0.252 e. The van der Waals surface area contributed by atoms with Crippen molar-refractivity contribution in [1.82, 2.24) is 10.2 Å². The van der Waals surface area contributed by atoms with Crippen molar-refractivity contribution >= 4 is 46.0 Å². The van der Waals surface area contributed by atoms with Crippen LogP contribution >= 0.6 is 34.2 Å². The molecule has 1 aromatic carbocycles. The summed E-state index contributed by atoms with van der Waals surface area (Å²) in [6, 6.07) is 5.06. The number of hydrogen-bond donors (Lipinski definition) is 1. The maximum absolute atomic E-state index is 12.0. The van der Waals surface area contributed by atoms with E-state index in [1.54, 1.807) is 23.1 Å². The van der Waals surface area contributed by atoms with Crippen LogP contribution in [0, 0.1) is 3.57 Å². The lowest BCUT2D eigenvalue weighted by Crippen LogP contribution is -2.38. The zero-order valence-corrected chi connectivity index (χ0v) is 13.2. The summed E-state index contributed by atoms with van der Waals surface area (Å²) in [7, 11) is 0. The Balaban J connectivity index is 1.92. The van der Waals surface area contributed by atoms with Crippen LogP contribution in [-0.4, -0.2) is 36.3 Å². The van der Waals surface area contributed by atoms with E-state index in [-0.39, 0.29) is 18.4 Å². The molecule has 1 aliphatic rings. The highest BCUT2D eigenvalue weighted by molar-refractivity contribution is 14.1. The average molecular weight is 393 g/mol. The third-order valence-corrected chi connectivity index (χ3v) is 4.16. The molecule has 0 atom stereocenters. The summed E-state index contributed by atoms with van der Waals surface area (Å²) in [6.45, 7) is 1.65. The molecule has 4 nitrogen and oxygen atoms in total. The van der Waals surface area contributed by atoms with Crippen molar-refractivity contribution < 1.29 is 9.59 Å². The molecule has 1 heterocycles. The van der Waals surface area contributed by atoms with Crippen LogP contribution in [0.5, 0.6) is 0 Å². The lowest BCUT2D eigenvalue weighted by atomic mass is 10.2. The van der Waals surface area contributed by atoms with E-state index in [1.807, 2.05) is 0 Å². The van der Waals surface area contributed by atoms with Crippen LogP contribution in [0.15, 0.2) is 18.2 Å². The molecule has 0 spiro atoms. The van der Waals surface area contributed by atoms with Crippen molar-refractivity contribution in [3.05, 3.63) is 32.4 Å². The summed E-state index contributed by atoms with van der Waals surface area (Å²) >= 11 is 7.89. The quantitative estimate of drug-likeness (QED) is 0.803. The van der Waals surface area contributed by atoms with Crippen LogP contribution < -0.4 is 5.32 Å². The summed E-state index contributed by atoms with van der Waals surface area (Å²) in [4.78, 5) is 25.6. The number of halogens is 2. The molecular formula is C13H14ClIN2O2. The van der Waals surface area contributed by atoms with Crippen LogP contribution in [0.3, 0.4) is 0 Å². The van der Waals surface area contributed by atoms with Crippen molar-refractivity contribution in [2.45, 2.75) is 12.8 Å². The molecule has 19 heavy (non-hydrogen) atoms. The van der Waals surface area contributed by atoms with E-state index in [2.05, 4.69) is 27.9 Å². The standard InChI is InChI=1S/C13H14ClIN2O2/c14-9-3-4-10(11(15)7-9)13(19)16-8-12(18)17-5-1-2-6-17/h3-4,7H,1-2,5-6,8H2,(H,16,19). The largest absolute Gasteiger partial charge is 0.343 e. The number of hydrogen-bond acceptors (Lipinski definition) is 2. The first kappa shape index (κ1) is 14.6. The minimum Gasteiger partial charge on any atom is -0.343 e. The summed E-state index contributed by atoms with van der Waals surface area (Å²) < 4.78 is 0.774. The Morgan fingerprint density at radius 1 is 1.32 bits per heavy atom. The van der Waals surface area contributed by atoms with Crippen molar-refractivity contribution in [2.24, 2.45) is 0 Å². The van der Waals surface area contributed by atoms with Gasteiger partial charge in [-0.05, 0) is 53.6 Å². The van der Waals surface area contributed by atoms with Crippen molar-refractivity contribution in [2.75, 3.05) is 19.6 Å². The molecule has 2 rings (SSSR count). The van der Waals surface area contributed by atoms with Crippen LogP contribution in [0.2, 0.25) is 5.02 Å². The zero-order chi connectivity index (χ0) is 13.8. The predicted molar refractivity (Wildman–Crippen MR) is 82.3 cm³/mol. The summed E-state index contributed by atoms with van der Waals surface area (Å²) in [5.41, 5.74) is 0.541. The zero-order valence-electron chi connectivity index (χ0n) is 10.3. The smallest absolute Gasteiger partial charge is 0.252 e. The molecule has 102 valence electrons. The van der Waals surface area contributed by atoms with Gasteiger partial charge in [0.05, 0.1) is 12.1 Å². The minimum atomic E-state index is -0.242. The number of rotatable bonds is 3. The molecule has 1 N–H and O–H groups in total.